The smallest absolute Gasteiger partial charge is 0.416 e. The lowest BCUT2D eigenvalue weighted by Crippen LogP contribution is -2.40. The minimum Gasteiger partial charge on any atom is -0.474 e. The van der Waals surface area contributed by atoms with E-state index in [1.165, 1.54) is 18.3 Å². The number of alkyl halides is 3. The number of pyridine rings is 1. The maximum Gasteiger partial charge on any atom is 0.416 e. The molecule has 2 aromatic rings. The number of ether oxygens (including phenoxy) is 1. The number of rotatable bonds is 6. The molecule has 3 rings (SSSR count). The first-order chi connectivity index (χ1) is 14.1. The van der Waals surface area contributed by atoms with Crippen molar-refractivity contribution in [2.45, 2.75) is 49.8 Å². The zero-order valence-electron chi connectivity index (χ0n) is 15.9. The summed E-state index contributed by atoms with van der Waals surface area (Å²) in [5.41, 5.74) is -0.0837. The summed E-state index contributed by atoms with van der Waals surface area (Å²) in [6, 6.07) is 9.08. The maximum atomic E-state index is 12.6. The summed E-state index contributed by atoms with van der Waals surface area (Å²) in [4.78, 5) is 4.06. The van der Waals surface area contributed by atoms with Crippen LogP contribution in [0.5, 0.6) is 5.88 Å². The Balaban J connectivity index is 1.49. The molecule has 1 fully saturated rings. The average molecular weight is 439 g/mol. The van der Waals surface area contributed by atoms with E-state index in [9.17, 15) is 21.6 Å². The van der Waals surface area contributed by atoms with Crippen LogP contribution in [-0.4, -0.2) is 25.5 Å². The molecule has 0 radical (unpaired) electrons. The summed E-state index contributed by atoms with van der Waals surface area (Å²) in [5, 5.41) is 8.78. The van der Waals surface area contributed by atoms with Crippen LogP contribution in [0, 0.1) is 11.3 Å². The molecule has 0 unspecified atom stereocenters. The zero-order valence-corrected chi connectivity index (χ0v) is 16.7. The number of nitrogens with one attached hydrogen (secondary N) is 1. The highest BCUT2D eigenvalue weighted by molar-refractivity contribution is 7.88. The van der Waals surface area contributed by atoms with Gasteiger partial charge in [0.25, 0.3) is 0 Å². The normalized spacial score (nSPS) is 19.8. The van der Waals surface area contributed by atoms with Crippen molar-refractivity contribution in [3.8, 4) is 11.9 Å². The van der Waals surface area contributed by atoms with Gasteiger partial charge in [0.2, 0.25) is 15.9 Å². The van der Waals surface area contributed by atoms with Crippen molar-refractivity contribution in [3.63, 3.8) is 0 Å². The van der Waals surface area contributed by atoms with Crippen LogP contribution in [0.1, 0.15) is 42.4 Å². The fraction of sp³-hybridized carbons (Fsp3) is 0.400. The number of nitriles is 1. The van der Waals surface area contributed by atoms with E-state index in [-0.39, 0.29) is 17.9 Å². The molecule has 0 saturated heterocycles. The molecule has 0 atom stereocenters. The predicted octanol–water partition coefficient (Wildman–Crippen LogP) is 3.78. The second kappa shape index (κ2) is 9.02. The highest BCUT2D eigenvalue weighted by Gasteiger charge is 2.30. The molecule has 1 aliphatic rings. The number of aromatic nitrogens is 1. The Hall–Kier alpha value is -2.64. The van der Waals surface area contributed by atoms with Crippen LogP contribution < -0.4 is 9.46 Å². The Bertz CT molecular complexity index is 993. The van der Waals surface area contributed by atoms with E-state index >= 15 is 0 Å². The van der Waals surface area contributed by atoms with Gasteiger partial charge in [-0.2, -0.15) is 18.4 Å². The molecule has 0 amide bonds. The third-order valence-corrected chi connectivity index (χ3v) is 6.22. The third-order valence-electron chi connectivity index (χ3n) is 4.81. The lowest BCUT2D eigenvalue weighted by Gasteiger charge is -2.29. The molecule has 0 bridgehead atoms. The van der Waals surface area contributed by atoms with Gasteiger partial charge in [0.05, 0.1) is 16.9 Å². The number of halogens is 3. The number of sulfonamides is 1. The first kappa shape index (κ1) is 22.1. The fourth-order valence-electron chi connectivity index (χ4n) is 3.29. The summed E-state index contributed by atoms with van der Waals surface area (Å²) in [5.74, 6) is 0.0387. The Morgan fingerprint density at radius 3 is 2.30 bits per heavy atom. The SMILES string of the molecule is N#Cc1ccc(OC2CCC(NS(=O)(=O)Cc3ccc(C(F)(F)F)cc3)CC2)nc1. The van der Waals surface area contributed by atoms with Crippen LogP contribution in [0.25, 0.3) is 0 Å². The van der Waals surface area contributed by atoms with E-state index in [0.717, 1.165) is 12.1 Å². The summed E-state index contributed by atoms with van der Waals surface area (Å²) >= 11 is 0. The van der Waals surface area contributed by atoms with E-state index in [0.29, 0.717) is 42.7 Å². The summed E-state index contributed by atoms with van der Waals surface area (Å²) in [6.45, 7) is 0. The molecule has 1 saturated carbocycles. The van der Waals surface area contributed by atoms with E-state index < -0.39 is 21.8 Å². The highest BCUT2D eigenvalue weighted by Crippen LogP contribution is 2.29. The Kier molecular flexibility index (Phi) is 6.63. The van der Waals surface area contributed by atoms with Gasteiger partial charge in [0, 0.05) is 18.3 Å². The molecule has 10 heteroatoms. The van der Waals surface area contributed by atoms with Crippen LogP contribution in [-0.2, 0) is 22.0 Å². The number of hydrogen-bond acceptors (Lipinski definition) is 5. The Morgan fingerprint density at radius 1 is 1.10 bits per heavy atom. The lowest BCUT2D eigenvalue weighted by atomic mass is 9.94. The summed E-state index contributed by atoms with van der Waals surface area (Å²) in [7, 11) is -3.68. The van der Waals surface area contributed by atoms with Gasteiger partial charge in [-0.25, -0.2) is 18.1 Å². The van der Waals surface area contributed by atoms with Crippen molar-refractivity contribution in [2.75, 3.05) is 0 Å². The molecule has 0 spiro atoms. The van der Waals surface area contributed by atoms with Crippen molar-refractivity contribution in [2.24, 2.45) is 0 Å². The van der Waals surface area contributed by atoms with Gasteiger partial charge in [-0.05, 0) is 49.4 Å². The maximum absolute atomic E-state index is 12.6. The molecule has 0 aliphatic heterocycles. The first-order valence-electron chi connectivity index (χ1n) is 9.33. The van der Waals surface area contributed by atoms with Gasteiger partial charge in [0.1, 0.15) is 12.2 Å². The van der Waals surface area contributed by atoms with Gasteiger partial charge >= 0.3 is 6.18 Å². The van der Waals surface area contributed by atoms with Crippen molar-refractivity contribution < 1.29 is 26.3 Å². The topological polar surface area (TPSA) is 92.1 Å². The van der Waals surface area contributed by atoms with E-state index in [2.05, 4.69) is 9.71 Å². The van der Waals surface area contributed by atoms with Gasteiger partial charge in [0.15, 0.2) is 0 Å². The standard InChI is InChI=1S/C20H20F3N3O3S/c21-20(22,23)16-4-1-14(2-5-16)13-30(27,28)26-17-6-8-18(9-7-17)29-19-10-3-15(11-24)12-25-19/h1-5,10,12,17-18,26H,6-9,13H2. The Morgan fingerprint density at radius 2 is 1.77 bits per heavy atom. The Labute approximate surface area is 172 Å². The molecule has 1 aromatic heterocycles. The zero-order chi connectivity index (χ0) is 21.8. The molecular formula is C20H20F3N3O3S. The molecule has 160 valence electrons. The van der Waals surface area contributed by atoms with Crippen molar-refractivity contribution in [1.29, 1.82) is 5.26 Å². The van der Waals surface area contributed by atoms with Crippen molar-refractivity contribution in [3.05, 3.63) is 59.3 Å². The predicted molar refractivity (Wildman–Crippen MR) is 103 cm³/mol. The van der Waals surface area contributed by atoms with Crippen LogP contribution in [0.3, 0.4) is 0 Å². The van der Waals surface area contributed by atoms with Crippen molar-refractivity contribution >= 4 is 10.0 Å². The summed E-state index contributed by atoms with van der Waals surface area (Å²) in [6.07, 6.45) is -0.703. The van der Waals surface area contributed by atoms with Gasteiger partial charge < -0.3 is 4.74 Å². The molecule has 1 aromatic carbocycles. The van der Waals surface area contributed by atoms with E-state index in [1.807, 2.05) is 6.07 Å². The third kappa shape index (κ3) is 6.18. The van der Waals surface area contributed by atoms with Crippen LogP contribution in [0.4, 0.5) is 13.2 Å². The molecule has 1 heterocycles. The van der Waals surface area contributed by atoms with Crippen LogP contribution in [0.2, 0.25) is 0 Å². The minimum absolute atomic E-state index is 0.0962. The number of hydrogen-bond donors (Lipinski definition) is 1. The summed E-state index contributed by atoms with van der Waals surface area (Å²) < 4.78 is 71.0. The van der Waals surface area contributed by atoms with E-state index in [4.69, 9.17) is 10.00 Å². The monoisotopic (exact) mass is 439 g/mol. The van der Waals surface area contributed by atoms with E-state index in [1.54, 1.807) is 12.1 Å². The number of nitrogens with zero attached hydrogens (tertiary/aromatic N) is 2. The molecule has 1 aliphatic carbocycles. The van der Waals surface area contributed by atoms with Crippen LogP contribution in [0.15, 0.2) is 42.6 Å². The molecular weight excluding hydrogens is 419 g/mol. The largest absolute Gasteiger partial charge is 0.474 e. The van der Waals surface area contributed by atoms with Gasteiger partial charge in [-0.3, -0.25) is 0 Å². The van der Waals surface area contributed by atoms with Gasteiger partial charge in [-0.15, -0.1) is 0 Å². The van der Waals surface area contributed by atoms with Crippen LogP contribution >= 0.6 is 0 Å². The second-order valence-corrected chi connectivity index (χ2v) is 8.91. The molecule has 6 nitrogen and oxygen atoms in total. The second-order valence-electron chi connectivity index (χ2n) is 7.16. The first-order valence-corrected chi connectivity index (χ1v) is 11.0. The highest BCUT2D eigenvalue weighted by atomic mass is 32.2. The lowest BCUT2D eigenvalue weighted by molar-refractivity contribution is -0.137. The van der Waals surface area contributed by atoms with Crippen molar-refractivity contribution in [1.82, 2.24) is 9.71 Å². The quantitative estimate of drug-likeness (QED) is 0.740. The fourth-order valence-corrected chi connectivity index (χ4v) is 4.75. The minimum atomic E-state index is -4.45. The average Bonchev–Trinajstić information content (AvgIpc) is 2.69. The molecule has 30 heavy (non-hydrogen) atoms. The van der Waals surface area contributed by atoms with Gasteiger partial charge in [-0.1, -0.05) is 12.1 Å². The number of benzene rings is 1. The molecule has 1 N–H and O–H groups in total.